The highest BCUT2D eigenvalue weighted by molar-refractivity contribution is 9.10. The third-order valence-electron chi connectivity index (χ3n) is 2.54. The first-order valence-electron chi connectivity index (χ1n) is 5.09. The number of hydrogen-bond acceptors (Lipinski definition) is 2. The van der Waals surface area contributed by atoms with E-state index in [2.05, 4.69) is 28.1 Å². The number of benzene rings is 1. The molecule has 2 nitrogen and oxygen atoms in total. The molecular weight excluding hydrogens is 300 g/mol. The van der Waals surface area contributed by atoms with Gasteiger partial charge in [-0.05, 0) is 54.8 Å². The fourth-order valence-electron chi connectivity index (χ4n) is 1.70. The van der Waals surface area contributed by atoms with E-state index in [-0.39, 0.29) is 0 Å². The molecule has 0 spiro atoms. The highest BCUT2D eigenvalue weighted by Gasteiger charge is 2.10. The van der Waals surface area contributed by atoms with Gasteiger partial charge in [-0.15, -0.1) is 11.3 Å². The summed E-state index contributed by atoms with van der Waals surface area (Å²) in [4.78, 5) is 12.2. The van der Waals surface area contributed by atoms with Gasteiger partial charge in [-0.3, -0.25) is 0 Å². The van der Waals surface area contributed by atoms with Crippen LogP contribution in [0.2, 0.25) is 0 Å². The molecule has 0 fully saturated rings. The molecule has 0 aliphatic heterocycles. The molecule has 0 aliphatic rings. The first kappa shape index (κ1) is 12.3. The molecule has 0 atom stereocenters. The van der Waals surface area contributed by atoms with E-state index in [1.807, 2.05) is 19.9 Å². The summed E-state index contributed by atoms with van der Waals surface area (Å²) in [7, 11) is 0. The van der Waals surface area contributed by atoms with E-state index in [0.29, 0.717) is 4.88 Å². The van der Waals surface area contributed by atoms with Gasteiger partial charge in [-0.1, -0.05) is 15.9 Å². The zero-order chi connectivity index (χ0) is 12.6. The molecule has 0 saturated carbocycles. The Kier molecular flexibility index (Phi) is 3.35. The normalized spacial score (nSPS) is 10.5. The standard InChI is InChI=1S/C13H11BrO2S/c1-7-5-9(6-8(2)12(7)14)10-3-4-11(17-10)13(15)16/h3-6H,1-2H3,(H,15,16). The fourth-order valence-corrected chi connectivity index (χ4v) is 2.76. The smallest absolute Gasteiger partial charge is 0.345 e. The molecule has 0 radical (unpaired) electrons. The number of carboxylic acids is 1. The van der Waals surface area contributed by atoms with Gasteiger partial charge in [0.15, 0.2) is 0 Å². The zero-order valence-corrected chi connectivity index (χ0v) is 11.9. The third-order valence-corrected chi connectivity index (χ3v) is 4.91. The molecule has 0 unspecified atom stereocenters. The largest absolute Gasteiger partial charge is 0.477 e. The van der Waals surface area contributed by atoms with Crippen LogP contribution in [0.4, 0.5) is 0 Å². The quantitative estimate of drug-likeness (QED) is 0.887. The second kappa shape index (κ2) is 4.63. The van der Waals surface area contributed by atoms with Crippen molar-refractivity contribution in [1.29, 1.82) is 0 Å². The number of hydrogen-bond donors (Lipinski definition) is 1. The van der Waals surface area contributed by atoms with Gasteiger partial charge < -0.3 is 5.11 Å². The SMILES string of the molecule is Cc1cc(-c2ccc(C(=O)O)s2)cc(C)c1Br. The van der Waals surface area contributed by atoms with Crippen molar-refractivity contribution in [2.75, 3.05) is 0 Å². The van der Waals surface area contributed by atoms with Crippen LogP contribution < -0.4 is 0 Å². The van der Waals surface area contributed by atoms with Crippen molar-refractivity contribution in [3.63, 3.8) is 0 Å². The Labute approximate surface area is 112 Å². The third kappa shape index (κ3) is 2.42. The summed E-state index contributed by atoms with van der Waals surface area (Å²) in [6, 6.07) is 7.63. The predicted molar refractivity (Wildman–Crippen MR) is 73.9 cm³/mol. The number of thiophene rings is 1. The maximum Gasteiger partial charge on any atom is 0.345 e. The Morgan fingerprint density at radius 3 is 2.29 bits per heavy atom. The second-order valence-electron chi connectivity index (χ2n) is 3.89. The molecule has 1 aromatic heterocycles. The number of carboxylic acid groups (broad SMARTS) is 1. The predicted octanol–water partition coefficient (Wildman–Crippen LogP) is 4.49. The minimum absolute atomic E-state index is 0.373. The molecule has 0 aliphatic carbocycles. The lowest BCUT2D eigenvalue weighted by Gasteiger charge is -2.06. The lowest BCUT2D eigenvalue weighted by molar-refractivity contribution is 0.0702. The number of halogens is 1. The van der Waals surface area contributed by atoms with Crippen LogP contribution in [0.5, 0.6) is 0 Å². The van der Waals surface area contributed by atoms with Gasteiger partial charge in [0.05, 0.1) is 0 Å². The van der Waals surface area contributed by atoms with Crippen molar-refractivity contribution in [2.45, 2.75) is 13.8 Å². The first-order chi connectivity index (χ1) is 7.99. The average Bonchev–Trinajstić information content (AvgIpc) is 2.74. The molecular formula is C13H11BrO2S. The zero-order valence-electron chi connectivity index (χ0n) is 9.45. The Bertz CT molecular complexity index is 564. The molecule has 1 N–H and O–H groups in total. The van der Waals surface area contributed by atoms with Crippen molar-refractivity contribution in [2.24, 2.45) is 0 Å². The Morgan fingerprint density at radius 1 is 1.24 bits per heavy atom. The first-order valence-corrected chi connectivity index (χ1v) is 6.70. The van der Waals surface area contributed by atoms with Crippen LogP contribution in [-0.2, 0) is 0 Å². The second-order valence-corrected chi connectivity index (χ2v) is 5.77. The van der Waals surface area contributed by atoms with Gasteiger partial charge in [0, 0.05) is 9.35 Å². The fraction of sp³-hybridized carbons (Fsp3) is 0.154. The number of rotatable bonds is 2. The number of aromatic carboxylic acids is 1. The van der Waals surface area contributed by atoms with Crippen molar-refractivity contribution >= 4 is 33.2 Å². The number of carbonyl (C=O) groups is 1. The lowest BCUT2D eigenvalue weighted by Crippen LogP contribution is -1.89. The van der Waals surface area contributed by atoms with Crippen LogP contribution in [0.25, 0.3) is 10.4 Å². The van der Waals surface area contributed by atoms with E-state index in [9.17, 15) is 4.79 Å². The Hall–Kier alpha value is -1.13. The van der Waals surface area contributed by atoms with E-state index in [1.54, 1.807) is 6.07 Å². The van der Waals surface area contributed by atoms with E-state index in [4.69, 9.17) is 5.11 Å². The van der Waals surface area contributed by atoms with Crippen LogP contribution in [-0.4, -0.2) is 11.1 Å². The topological polar surface area (TPSA) is 37.3 Å². The molecule has 4 heteroatoms. The summed E-state index contributed by atoms with van der Waals surface area (Å²) in [5.74, 6) is -0.869. The van der Waals surface area contributed by atoms with Crippen molar-refractivity contribution < 1.29 is 9.90 Å². The minimum atomic E-state index is -0.869. The number of aryl methyl sites for hydroxylation is 2. The maximum atomic E-state index is 10.8. The summed E-state index contributed by atoms with van der Waals surface area (Å²) in [6.45, 7) is 4.07. The molecule has 0 bridgehead atoms. The van der Waals surface area contributed by atoms with Crippen molar-refractivity contribution in [3.8, 4) is 10.4 Å². The Balaban J connectivity index is 2.49. The van der Waals surface area contributed by atoms with Crippen LogP contribution in [0, 0.1) is 13.8 Å². The molecule has 0 amide bonds. The maximum absolute atomic E-state index is 10.8. The van der Waals surface area contributed by atoms with Crippen LogP contribution in [0.15, 0.2) is 28.7 Å². The van der Waals surface area contributed by atoms with E-state index in [0.717, 1.165) is 26.0 Å². The average molecular weight is 311 g/mol. The minimum Gasteiger partial charge on any atom is -0.477 e. The van der Waals surface area contributed by atoms with E-state index >= 15 is 0 Å². The van der Waals surface area contributed by atoms with Crippen molar-refractivity contribution in [3.05, 3.63) is 44.7 Å². The lowest BCUT2D eigenvalue weighted by atomic mass is 10.1. The summed E-state index contributed by atoms with van der Waals surface area (Å²) in [5.41, 5.74) is 3.39. The highest BCUT2D eigenvalue weighted by atomic mass is 79.9. The molecule has 17 heavy (non-hydrogen) atoms. The van der Waals surface area contributed by atoms with Gasteiger partial charge in [-0.25, -0.2) is 4.79 Å². The van der Waals surface area contributed by atoms with Gasteiger partial charge in [0.1, 0.15) is 4.88 Å². The molecule has 88 valence electrons. The summed E-state index contributed by atoms with van der Waals surface area (Å²) >= 11 is 4.83. The van der Waals surface area contributed by atoms with Crippen LogP contribution in [0.3, 0.4) is 0 Å². The van der Waals surface area contributed by atoms with E-state index < -0.39 is 5.97 Å². The molecule has 0 saturated heterocycles. The van der Waals surface area contributed by atoms with Gasteiger partial charge in [0.2, 0.25) is 0 Å². The van der Waals surface area contributed by atoms with Crippen molar-refractivity contribution in [1.82, 2.24) is 0 Å². The van der Waals surface area contributed by atoms with Crippen LogP contribution >= 0.6 is 27.3 Å². The van der Waals surface area contributed by atoms with Gasteiger partial charge in [0.25, 0.3) is 0 Å². The van der Waals surface area contributed by atoms with Crippen LogP contribution in [0.1, 0.15) is 20.8 Å². The van der Waals surface area contributed by atoms with Gasteiger partial charge in [-0.2, -0.15) is 0 Å². The monoisotopic (exact) mass is 310 g/mol. The Morgan fingerprint density at radius 2 is 1.82 bits per heavy atom. The van der Waals surface area contributed by atoms with Gasteiger partial charge >= 0.3 is 5.97 Å². The van der Waals surface area contributed by atoms with E-state index in [1.165, 1.54) is 11.3 Å². The summed E-state index contributed by atoms with van der Waals surface area (Å²) in [5, 5.41) is 8.90. The molecule has 1 heterocycles. The molecule has 2 rings (SSSR count). The summed E-state index contributed by atoms with van der Waals surface area (Å²) < 4.78 is 1.11. The summed E-state index contributed by atoms with van der Waals surface area (Å²) in [6.07, 6.45) is 0. The molecule has 2 aromatic rings. The molecule has 1 aromatic carbocycles. The highest BCUT2D eigenvalue weighted by Crippen LogP contribution is 2.32.